The number of anilines is 1. The number of thioether (sulfide) groups is 1. The van der Waals surface area contributed by atoms with Crippen LogP contribution in [0.4, 0.5) is 5.69 Å². The van der Waals surface area contributed by atoms with Gasteiger partial charge in [0.05, 0.1) is 11.1 Å². The molecule has 1 amide bonds. The number of hydrogen-bond donors (Lipinski definition) is 2. The van der Waals surface area contributed by atoms with Gasteiger partial charge in [-0.25, -0.2) is 4.98 Å². The maximum Gasteiger partial charge on any atom is 0.260 e. The minimum atomic E-state index is -0.183. The second-order valence-corrected chi connectivity index (χ2v) is 9.69. The van der Waals surface area contributed by atoms with Gasteiger partial charge in [0.2, 0.25) is 5.91 Å². The average Bonchev–Trinajstić information content (AvgIpc) is 3.23. The largest absolute Gasteiger partial charge is 0.325 e. The predicted octanol–water partition coefficient (Wildman–Crippen LogP) is 6.07. The summed E-state index contributed by atoms with van der Waals surface area (Å²) in [6.45, 7) is 6.41. The van der Waals surface area contributed by atoms with E-state index in [-0.39, 0.29) is 17.2 Å². The van der Waals surface area contributed by atoms with E-state index in [4.69, 9.17) is 0 Å². The molecule has 0 unspecified atom stereocenters. The first-order valence-electron chi connectivity index (χ1n) is 10.6. The Bertz CT molecular complexity index is 1290. The number of fused-ring (bicyclic) bond motifs is 1. The van der Waals surface area contributed by atoms with Crippen LogP contribution >= 0.6 is 23.1 Å². The molecule has 2 aromatic carbocycles. The van der Waals surface area contributed by atoms with E-state index in [9.17, 15) is 9.59 Å². The number of aromatic amines is 1. The summed E-state index contributed by atoms with van der Waals surface area (Å²) in [6, 6.07) is 16.1. The minimum absolute atomic E-state index is 0.140. The molecule has 0 bridgehead atoms. The number of H-pyrrole nitrogens is 1. The molecular formula is C25H25N3O2S2. The normalized spacial score (nSPS) is 11.2. The molecule has 0 saturated heterocycles. The number of rotatable bonds is 7. The second kappa shape index (κ2) is 9.71. The zero-order valence-corrected chi connectivity index (χ0v) is 19.9. The van der Waals surface area contributed by atoms with Gasteiger partial charge < -0.3 is 10.3 Å². The quantitative estimate of drug-likeness (QED) is 0.258. The SMILES string of the molecule is CCc1ccc(NC(=O)CSc2nc3scc(-c4ccc(C(C)C)cc4)c3c(=O)[nH]2)cc1. The van der Waals surface area contributed by atoms with Crippen molar-refractivity contribution < 1.29 is 4.79 Å². The Morgan fingerprint density at radius 2 is 1.84 bits per heavy atom. The molecule has 2 heterocycles. The number of nitrogens with zero attached hydrogens (tertiary/aromatic N) is 1. The maximum absolute atomic E-state index is 12.8. The van der Waals surface area contributed by atoms with Crippen LogP contribution in [0, 0.1) is 0 Å². The van der Waals surface area contributed by atoms with Crippen LogP contribution in [0.5, 0.6) is 0 Å². The number of benzene rings is 2. The molecule has 0 aliphatic rings. The highest BCUT2D eigenvalue weighted by Gasteiger charge is 2.14. The van der Waals surface area contributed by atoms with Crippen molar-refractivity contribution in [2.75, 3.05) is 11.1 Å². The number of amides is 1. The number of hydrogen-bond acceptors (Lipinski definition) is 5. The third-order valence-electron chi connectivity index (χ3n) is 5.30. The number of carbonyl (C=O) groups is 1. The van der Waals surface area contributed by atoms with E-state index < -0.39 is 0 Å². The lowest BCUT2D eigenvalue weighted by Gasteiger charge is -2.07. The summed E-state index contributed by atoms with van der Waals surface area (Å²) >= 11 is 2.67. The monoisotopic (exact) mass is 463 g/mol. The number of carbonyl (C=O) groups excluding carboxylic acids is 1. The van der Waals surface area contributed by atoms with Crippen LogP contribution in [0.3, 0.4) is 0 Å². The van der Waals surface area contributed by atoms with E-state index in [2.05, 4.69) is 60.3 Å². The van der Waals surface area contributed by atoms with Gasteiger partial charge >= 0.3 is 0 Å². The van der Waals surface area contributed by atoms with Crippen molar-refractivity contribution in [1.29, 1.82) is 0 Å². The summed E-state index contributed by atoms with van der Waals surface area (Å²) < 4.78 is 0. The minimum Gasteiger partial charge on any atom is -0.325 e. The molecule has 0 aliphatic heterocycles. The van der Waals surface area contributed by atoms with Crippen molar-refractivity contribution in [3.05, 3.63) is 75.4 Å². The number of nitrogens with one attached hydrogen (secondary N) is 2. The van der Waals surface area contributed by atoms with Gasteiger partial charge in [-0.15, -0.1) is 11.3 Å². The average molecular weight is 464 g/mol. The zero-order chi connectivity index (χ0) is 22.7. The fourth-order valence-corrected chi connectivity index (χ4v) is 5.08. The summed E-state index contributed by atoms with van der Waals surface area (Å²) in [5, 5.41) is 5.89. The van der Waals surface area contributed by atoms with Crippen molar-refractivity contribution >= 4 is 44.9 Å². The second-order valence-electron chi connectivity index (χ2n) is 7.86. The van der Waals surface area contributed by atoms with Crippen LogP contribution < -0.4 is 10.9 Å². The van der Waals surface area contributed by atoms with Gasteiger partial charge in [0.1, 0.15) is 4.83 Å². The lowest BCUT2D eigenvalue weighted by atomic mass is 9.99. The van der Waals surface area contributed by atoms with Crippen molar-refractivity contribution in [1.82, 2.24) is 9.97 Å². The predicted molar refractivity (Wildman–Crippen MR) is 135 cm³/mol. The lowest BCUT2D eigenvalue weighted by molar-refractivity contribution is -0.113. The van der Waals surface area contributed by atoms with Gasteiger partial charge in [0.15, 0.2) is 5.16 Å². The molecule has 0 saturated carbocycles. The van der Waals surface area contributed by atoms with E-state index >= 15 is 0 Å². The molecule has 7 heteroatoms. The van der Waals surface area contributed by atoms with E-state index in [1.165, 1.54) is 34.2 Å². The summed E-state index contributed by atoms with van der Waals surface area (Å²) in [5.74, 6) is 0.485. The Labute approximate surface area is 195 Å². The standard InChI is InChI=1S/C25H25N3O2S2/c1-4-16-5-11-19(12-6-16)26-21(29)14-32-25-27-23(30)22-20(13-31-24(22)28-25)18-9-7-17(8-10-18)15(2)3/h5-13,15H,4,14H2,1-3H3,(H,26,29)(H,27,28,30). The highest BCUT2D eigenvalue weighted by atomic mass is 32.2. The Kier molecular flexibility index (Phi) is 6.77. The van der Waals surface area contributed by atoms with Gasteiger partial charge in [-0.3, -0.25) is 9.59 Å². The van der Waals surface area contributed by atoms with Crippen LogP contribution in [0.2, 0.25) is 0 Å². The summed E-state index contributed by atoms with van der Waals surface area (Å²) in [7, 11) is 0. The first-order chi connectivity index (χ1) is 15.4. The molecule has 32 heavy (non-hydrogen) atoms. The van der Waals surface area contributed by atoms with E-state index in [1.807, 2.05) is 29.6 Å². The Morgan fingerprint density at radius 3 is 2.50 bits per heavy atom. The molecule has 0 aliphatic carbocycles. The lowest BCUT2D eigenvalue weighted by Crippen LogP contribution is -2.15. The first kappa shape index (κ1) is 22.3. The van der Waals surface area contributed by atoms with E-state index in [0.29, 0.717) is 21.3 Å². The topological polar surface area (TPSA) is 74.8 Å². The third-order valence-corrected chi connectivity index (χ3v) is 7.04. The van der Waals surface area contributed by atoms with E-state index in [0.717, 1.165) is 23.2 Å². The van der Waals surface area contributed by atoms with Gasteiger partial charge in [0.25, 0.3) is 5.56 Å². The summed E-state index contributed by atoms with van der Waals surface area (Å²) in [6.07, 6.45) is 0.958. The molecule has 0 radical (unpaired) electrons. The molecule has 5 nitrogen and oxygen atoms in total. The van der Waals surface area contributed by atoms with Gasteiger partial charge in [0, 0.05) is 16.6 Å². The zero-order valence-electron chi connectivity index (χ0n) is 18.3. The van der Waals surface area contributed by atoms with Gasteiger partial charge in [-0.2, -0.15) is 0 Å². The fourth-order valence-electron chi connectivity index (χ4n) is 3.41. The molecule has 4 rings (SSSR count). The molecule has 0 fully saturated rings. The van der Waals surface area contributed by atoms with Gasteiger partial charge in [-0.05, 0) is 41.2 Å². The van der Waals surface area contributed by atoms with E-state index in [1.54, 1.807) is 0 Å². The van der Waals surface area contributed by atoms with Crippen molar-refractivity contribution in [3.8, 4) is 11.1 Å². The van der Waals surface area contributed by atoms with Crippen LogP contribution in [0.1, 0.15) is 37.8 Å². The first-order valence-corrected chi connectivity index (χ1v) is 12.4. The Hall–Kier alpha value is -2.90. The molecule has 2 aromatic heterocycles. The Morgan fingerprint density at radius 1 is 1.12 bits per heavy atom. The van der Waals surface area contributed by atoms with Crippen molar-refractivity contribution in [2.45, 2.75) is 38.3 Å². The fraction of sp³-hybridized carbons (Fsp3) is 0.240. The number of aryl methyl sites for hydroxylation is 1. The van der Waals surface area contributed by atoms with Crippen molar-refractivity contribution in [2.24, 2.45) is 0 Å². The molecule has 4 aromatic rings. The van der Waals surface area contributed by atoms with Gasteiger partial charge in [-0.1, -0.05) is 68.9 Å². The molecular weight excluding hydrogens is 438 g/mol. The smallest absolute Gasteiger partial charge is 0.260 e. The highest BCUT2D eigenvalue weighted by molar-refractivity contribution is 7.99. The molecule has 2 N–H and O–H groups in total. The molecule has 164 valence electrons. The molecule has 0 spiro atoms. The van der Waals surface area contributed by atoms with Crippen LogP contribution in [0.25, 0.3) is 21.3 Å². The van der Waals surface area contributed by atoms with Crippen LogP contribution in [0.15, 0.2) is 63.9 Å². The Balaban J connectivity index is 1.47. The van der Waals surface area contributed by atoms with Crippen LogP contribution in [-0.2, 0) is 11.2 Å². The van der Waals surface area contributed by atoms with Crippen molar-refractivity contribution in [3.63, 3.8) is 0 Å². The summed E-state index contributed by atoms with van der Waals surface area (Å²) in [4.78, 5) is 33.2. The molecule has 0 atom stereocenters. The number of aromatic nitrogens is 2. The maximum atomic E-state index is 12.8. The summed E-state index contributed by atoms with van der Waals surface area (Å²) in [5.41, 5.74) is 4.95. The number of thiophene rings is 1. The highest BCUT2D eigenvalue weighted by Crippen LogP contribution is 2.32. The third kappa shape index (κ3) is 4.95. The van der Waals surface area contributed by atoms with Crippen LogP contribution in [-0.4, -0.2) is 21.6 Å².